The fourth-order valence-electron chi connectivity index (χ4n) is 3.12. The summed E-state index contributed by atoms with van der Waals surface area (Å²) in [6, 6.07) is 4.27. The minimum atomic E-state index is 0. The van der Waals surface area contributed by atoms with Crippen molar-refractivity contribution in [3.05, 3.63) is 22.4 Å². The van der Waals surface area contributed by atoms with Crippen LogP contribution in [0.2, 0.25) is 0 Å². The van der Waals surface area contributed by atoms with Crippen molar-refractivity contribution >= 4 is 29.7 Å². The molecular formula is C14H21ClN2OS. The van der Waals surface area contributed by atoms with E-state index in [1.54, 1.807) is 11.3 Å². The van der Waals surface area contributed by atoms with Crippen LogP contribution in [-0.4, -0.2) is 19.0 Å². The van der Waals surface area contributed by atoms with Crippen molar-refractivity contribution in [1.29, 1.82) is 0 Å². The maximum atomic E-state index is 12.3. The predicted octanol–water partition coefficient (Wildman–Crippen LogP) is 2.74. The van der Waals surface area contributed by atoms with Gasteiger partial charge in [-0.05, 0) is 56.1 Å². The standard InChI is InChI=1S/C14H20N2OS.ClH/c1-10(12-3-2-8-18-12)16-13(17)11-9-14(11)4-6-15-7-5-14;/h2-3,8,10-11,15H,4-7,9H2,1H3,(H,16,17);1H. The van der Waals surface area contributed by atoms with E-state index >= 15 is 0 Å². The molecule has 1 amide bonds. The highest BCUT2D eigenvalue weighted by Crippen LogP contribution is 2.58. The molecule has 2 unspecified atom stereocenters. The number of rotatable bonds is 3. The molecular weight excluding hydrogens is 280 g/mol. The highest BCUT2D eigenvalue weighted by atomic mass is 35.5. The summed E-state index contributed by atoms with van der Waals surface area (Å²) in [5.41, 5.74) is 0.338. The first kappa shape index (κ1) is 14.8. The largest absolute Gasteiger partial charge is 0.349 e. The van der Waals surface area contributed by atoms with Gasteiger partial charge in [-0.25, -0.2) is 0 Å². The van der Waals surface area contributed by atoms with Crippen LogP contribution in [0.25, 0.3) is 0 Å². The smallest absolute Gasteiger partial charge is 0.224 e. The van der Waals surface area contributed by atoms with Crippen molar-refractivity contribution in [2.24, 2.45) is 11.3 Å². The molecule has 3 nitrogen and oxygen atoms in total. The van der Waals surface area contributed by atoms with Gasteiger partial charge in [0.1, 0.15) is 0 Å². The molecule has 2 heterocycles. The molecule has 1 aliphatic carbocycles. The minimum Gasteiger partial charge on any atom is -0.349 e. The molecule has 1 aliphatic heterocycles. The molecule has 1 saturated carbocycles. The van der Waals surface area contributed by atoms with Gasteiger partial charge >= 0.3 is 0 Å². The second-order valence-corrected chi connectivity index (χ2v) is 6.59. The van der Waals surface area contributed by atoms with Gasteiger partial charge in [-0.15, -0.1) is 23.7 Å². The molecule has 2 N–H and O–H groups in total. The molecule has 19 heavy (non-hydrogen) atoms. The Morgan fingerprint density at radius 3 is 2.89 bits per heavy atom. The van der Waals surface area contributed by atoms with E-state index in [1.165, 1.54) is 17.7 Å². The van der Waals surface area contributed by atoms with Gasteiger partial charge in [-0.3, -0.25) is 4.79 Å². The van der Waals surface area contributed by atoms with Crippen molar-refractivity contribution in [2.75, 3.05) is 13.1 Å². The summed E-state index contributed by atoms with van der Waals surface area (Å²) in [4.78, 5) is 13.5. The zero-order chi connectivity index (χ0) is 12.6. The van der Waals surface area contributed by atoms with Gasteiger partial charge in [-0.2, -0.15) is 0 Å². The number of hydrogen-bond acceptors (Lipinski definition) is 3. The number of amides is 1. The lowest BCUT2D eigenvalue weighted by molar-refractivity contribution is -0.123. The molecule has 106 valence electrons. The number of thiophene rings is 1. The van der Waals surface area contributed by atoms with Crippen molar-refractivity contribution in [1.82, 2.24) is 10.6 Å². The van der Waals surface area contributed by atoms with Crippen molar-refractivity contribution in [3.8, 4) is 0 Å². The Labute approximate surface area is 124 Å². The number of hydrogen-bond donors (Lipinski definition) is 2. The summed E-state index contributed by atoms with van der Waals surface area (Å²) in [5, 5.41) is 8.60. The molecule has 1 aromatic rings. The van der Waals surface area contributed by atoms with Crippen molar-refractivity contribution < 1.29 is 4.79 Å². The van der Waals surface area contributed by atoms with Crippen LogP contribution in [0.4, 0.5) is 0 Å². The second kappa shape index (κ2) is 5.81. The molecule has 1 aromatic heterocycles. The maximum Gasteiger partial charge on any atom is 0.224 e. The lowest BCUT2D eigenvalue weighted by atomic mass is 9.91. The molecule has 0 radical (unpaired) electrons. The lowest BCUT2D eigenvalue weighted by Crippen LogP contribution is -2.34. The molecule has 2 fully saturated rings. The fourth-order valence-corrected chi connectivity index (χ4v) is 3.85. The Balaban J connectivity index is 0.00000133. The fraction of sp³-hybridized carbons (Fsp3) is 0.643. The molecule has 3 rings (SSSR count). The van der Waals surface area contributed by atoms with Crippen LogP contribution in [0.3, 0.4) is 0 Å². The van der Waals surface area contributed by atoms with E-state index in [0.717, 1.165) is 19.5 Å². The topological polar surface area (TPSA) is 41.1 Å². The molecule has 5 heteroatoms. The quantitative estimate of drug-likeness (QED) is 0.901. The summed E-state index contributed by atoms with van der Waals surface area (Å²) in [6.07, 6.45) is 3.43. The van der Waals surface area contributed by atoms with Gasteiger partial charge in [0, 0.05) is 10.8 Å². The van der Waals surface area contributed by atoms with Crippen LogP contribution in [0.15, 0.2) is 17.5 Å². The maximum absolute atomic E-state index is 12.3. The summed E-state index contributed by atoms with van der Waals surface area (Å²) in [7, 11) is 0. The Kier molecular flexibility index (Phi) is 4.54. The SMILES string of the molecule is CC(NC(=O)C1CC12CCNCC2)c1cccs1.Cl. The highest BCUT2D eigenvalue weighted by molar-refractivity contribution is 7.10. The number of nitrogens with one attached hydrogen (secondary N) is 2. The predicted molar refractivity (Wildman–Crippen MR) is 80.8 cm³/mol. The Hall–Kier alpha value is -0.580. The van der Waals surface area contributed by atoms with E-state index in [-0.39, 0.29) is 30.3 Å². The first-order valence-electron chi connectivity index (χ1n) is 6.76. The van der Waals surface area contributed by atoms with Gasteiger partial charge in [0.2, 0.25) is 5.91 Å². The molecule has 2 aliphatic rings. The summed E-state index contributed by atoms with van der Waals surface area (Å²) >= 11 is 1.71. The monoisotopic (exact) mass is 300 g/mol. The van der Waals surface area contributed by atoms with Crippen LogP contribution in [0.1, 0.15) is 37.1 Å². The molecule has 0 aromatic carbocycles. The summed E-state index contributed by atoms with van der Waals surface area (Å²) < 4.78 is 0. The third-order valence-electron chi connectivity index (χ3n) is 4.43. The normalized spacial score (nSPS) is 25.4. The highest BCUT2D eigenvalue weighted by Gasteiger charge is 2.57. The number of halogens is 1. The zero-order valence-electron chi connectivity index (χ0n) is 11.1. The Morgan fingerprint density at radius 1 is 1.53 bits per heavy atom. The molecule has 1 spiro atoms. The van der Waals surface area contributed by atoms with Gasteiger partial charge in [0.05, 0.1) is 6.04 Å². The average Bonchev–Trinajstić information content (AvgIpc) is 2.84. The van der Waals surface area contributed by atoms with E-state index < -0.39 is 0 Å². The van der Waals surface area contributed by atoms with Crippen molar-refractivity contribution in [2.45, 2.75) is 32.2 Å². The van der Waals surface area contributed by atoms with Crippen molar-refractivity contribution in [3.63, 3.8) is 0 Å². The van der Waals surface area contributed by atoms with Gasteiger partial charge in [0.15, 0.2) is 0 Å². The first-order valence-corrected chi connectivity index (χ1v) is 7.64. The van der Waals surface area contributed by atoms with Crippen LogP contribution in [0.5, 0.6) is 0 Å². The third kappa shape index (κ3) is 2.96. The minimum absolute atomic E-state index is 0. The van der Waals surface area contributed by atoms with Gasteiger partial charge < -0.3 is 10.6 Å². The summed E-state index contributed by atoms with van der Waals surface area (Å²) in [5.74, 6) is 0.528. The molecule has 2 atom stereocenters. The molecule has 0 bridgehead atoms. The van der Waals surface area contributed by atoms with Crippen LogP contribution >= 0.6 is 23.7 Å². The lowest BCUT2D eigenvalue weighted by Gasteiger charge is -2.23. The van der Waals surface area contributed by atoms with E-state index in [4.69, 9.17) is 0 Å². The van der Waals surface area contributed by atoms with E-state index in [9.17, 15) is 4.79 Å². The van der Waals surface area contributed by atoms with Crippen LogP contribution in [-0.2, 0) is 4.79 Å². The van der Waals surface area contributed by atoms with E-state index in [0.29, 0.717) is 5.41 Å². The third-order valence-corrected chi connectivity index (χ3v) is 5.49. The number of carbonyl (C=O) groups is 1. The number of piperidine rings is 1. The zero-order valence-corrected chi connectivity index (χ0v) is 12.8. The number of carbonyl (C=O) groups excluding carboxylic acids is 1. The van der Waals surface area contributed by atoms with Gasteiger partial charge in [-0.1, -0.05) is 6.07 Å². The van der Waals surface area contributed by atoms with E-state index in [2.05, 4.69) is 29.0 Å². The second-order valence-electron chi connectivity index (χ2n) is 5.61. The first-order chi connectivity index (χ1) is 8.71. The molecule has 1 saturated heterocycles. The van der Waals surface area contributed by atoms with Gasteiger partial charge in [0.25, 0.3) is 0 Å². The Bertz CT molecular complexity index is 429. The summed E-state index contributed by atoms with van der Waals surface area (Å²) in [6.45, 7) is 4.22. The van der Waals surface area contributed by atoms with Crippen LogP contribution in [0, 0.1) is 11.3 Å². The van der Waals surface area contributed by atoms with Crippen LogP contribution < -0.4 is 10.6 Å². The Morgan fingerprint density at radius 2 is 2.26 bits per heavy atom. The van der Waals surface area contributed by atoms with E-state index in [1.807, 2.05) is 6.07 Å². The average molecular weight is 301 g/mol.